The van der Waals surface area contributed by atoms with Gasteiger partial charge in [0.25, 0.3) is 0 Å². The molecular formula is C16H27NO. The largest absolute Gasteiger partial charge is 0.382 e. The SMILES string of the molecule is CCCNC(CCCOCC)c1ccc(C)cc1. The van der Waals surface area contributed by atoms with Gasteiger partial charge in [0, 0.05) is 19.3 Å². The molecule has 0 spiro atoms. The molecule has 1 aromatic rings. The second-order valence-electron chi connectivity index (χ2n) is 4.76. The molecule has 0 radical (unpaired) electrons. The van der Waals surface area contributed by atoms with Crippen molar-refractivity contribution in [2.45, 2.75) is 46.1 Å². The summed E-state index contributed by atoms with van der Waals surface area (Å²) >= 11 is 0. The van der Waals surface area contributed by atoms with Crippen LogP contribution < -0.4 is 5.32 Å². The number of benzene rings is 1. The Morgan fingerprint density at radius 3 is 2.50 bits per heavy atom. The average Bonchev–Trinajstić information content (AvgIpc) is 2.39. The van der Waals surface area contributed by atoms with Gasteiger partial charge in [-0.05, 0) is 45.2 Å². The van der Waals surface area contributed by atoms with Crippen molar-refractivity contribution in [1.29, 1.82) is 0 Å². The zero-order valence-electron chi connectivity index (χ0n) is 12.0. The van der Waals surface area contributed by atoms with Crippen molar-refractivity contribution >= 4 is 0 Å². The van der Waals surface area contributed by atoms with Gasteiger partial charge in [-0.15, -0.1) is 0 Å². The molecule has 1 rings (SSSR count). The highest BCUT2D eigenvalue weighted by Gasteiger charge is 2.09. The summed E-state index contributed by atoms with van der Waals surface area (Å²) in [5.41, 5.74) is 2.72. The van der Waals surface area contributed by atoms with E-state index >= 15 is 0 Å². The molecule has 0 fully saturated rings. The third-order valence-corrected chi connectivity index (χ3v) is 3.11. The third-order valence-electron chi connectivity index (χ3n) is 3.11. The molecule has 2 heteroatoms. The van der Waals surface area contributed by atoms with E-state index in [1.165, 1.54) is 17.5 Å². The third kappa shape index (κ3) is 5.65. The fourth-order valence-electron chi connectivity index (χ4n) is 2.04. The Labute approximate surface area is 112 Å². The molecule has 0 aliphatic carbocycles. The maximum absolute atomic E-state index is 5.42. The summed E-state index contributed by atoms with van der Waals surface area (Å²) in [6.07, 6.45) is 3.43. The number of rotatable bonds is 9. The second-order valence-corrected chi connectivity index (χ2v) is 4.76. The van der Waals surface area contributed by atoms with E-state index < -0.39 is 0 Å². The minimum absolute atomic E-state index is 0.464. The summed E-state index contributed by atoms with van der Waals surface area (Å²) in [6.45, 7) is 9.15. The van der Waals surface area contributed by atoms with Crippen molar-refractivity contribution in [3.8, 4) is 0 Å². The molecule has 1 atom stereocenters. The Morgan fingerprint density at radius 2 is 1.89 bits per heavy atom. The molecule has 0 saturated heterocycles. The minimum atomic E-state index is 0.464. The Morgan fingerprint density at radius 1 is 1.17 bits per heavy atom. The van der Waals surface area contributed by atoms with Crippen molar-refractivity contribution in [2.24, 2.45) is 0 Å². The molecule has 0 bridgehead atoms. The lowest BCUT2D eigenvalue weighted by molar-refractivity contribution is 0.141. The minimum Gasteiger partial charge on any atom is -0.382 e. The molecule has 0 saturated carbocycles. The van der Waals surface area contributed by atoms with Gasteiger partial charge in [0.15, 0.2) is 0 Å². The molecule has 1 unspecified atom stereocenters. The first-order valence-electron chi connectivity index (χ1n) is 7.15. The van der Waals surface area contributed by atoms with E-state index in [1.807, 2.05) is 6.92 Å². The Hall–Kier alpha value is -0.860. The molecular weight excluding hydrogens is 222 g/mol. The predicted octanol–water partition coefficient (Wildman–Crippen LogP) is 3.85. The number of hydrogen-bond acceptors (Lipinski definition) is 2. The molecule has 0 amide bonds. The van der Waals surface area contributed by atoms with Crippen LogP contribution in [0, 0.1) is 6.92 Å². The van der Waals surface area contributed by atoms with Crippen molar-refractivity contribution in [3.05, 3.63) is 35.4 Å². The van der Waals surface area contributed by atoms with Crippen molar-refractivity contribution in [2.75, 3.05) is 19.8 Å². The van der Waals surface area contributed by atoms with Crippen LogP contribution in [0.4, 0.5) is 0 Å². The van der Waals surface area contributed by atoms with Crippen molar-refractivity contribution in [3.63, 3.8) is 0 Å². The lowest BCUT2D eigenvalue weighted by Gasteiger charge is -2.19. The van der Waals surface area contributed by atoms with E-state index in [4.69, 9.17) is 4.74 Å². The zero-order valence-corrected chi connectivity index (χ0v) is 12.0. The first-order chi connectivity index (χ1) is 8.77. The van der Waals surface area contributed by atoms with Crippen LogP contribution in [-0.2, 0) is 4.74 Å². The van der Waals surface area contributed by atoms with Gasteiger partial charge in [-0.2, -0.15) is 0 Å². The van der Waals surface area contributed by atoms with Crippen LogP contribution in [0.1, 0.15) is 50.3 Å². The van der Waals surface area contributed by atoms with Gasteiger partial charge in [0.2, 0.25) is 0 Å². The van der Waals surface area contributed by atoms with E-state index in [-0.39, 0.29) is 0 Å². The van der Waals surface area contributed by atoms with Gasteiger partial charge in [-0.3, -0.25) is 0 Å². The summed E-state index contributed by atoms with van der Waals surface area (Å²) in [6, 6.07) is 9.33. The molecule has 0 aliphatic rings. The molecule has 102 valence electrons. The van der Waals surface area contributed by atoms with Crippen molar-refractivity contribution < 1.29 is 4.74 Å². The van der Waals surface area contributed by atoms with E-state index in [0.717, 1.165) is 32.6 Å². The topological polar surface area (TPSA) is 21.3 Å². The quantitative estimate of drug-likeness (QED) is 0.671. The maximum Gasteiger partial charge on any atom is 0.0466 e. The highest BCUT2D eigenvalue weighted by molar-refractivity contribution is 5.24. The molecule has 2 nitrogen and oxygen atoms in total. The van der Waals surface area contributed by atoms with Crippen LogP contribution in [0.3, 0.4) is 0 Å². The van der Waals surface area contributed by atoms with E-state index in [9.17, 15) is 0 Å². The lowest BCUT2D eigenvalue weighted by atomic mass is 10.0. The standard InChI is InChI=1S/C16H27NO/c1-4-12-17-16(7-6-13-18-5-2)15-10-8-14(3)9-11-15/h8-11,16-17H,4-7,12-13H2,1-3H3. The van der Waals surface area contributed by atoms with Gasteiger partial charge in [-0.1, -0.05) is 36.8 Å². The maximum atomic E-state index is 5.42. The molecule has 1 aromatic carbocycles. The average molecular weight is 249 g/mol. The number of aryl methyl sites for hydroxylation is 1. The monoisotopic (exact) mass is 249 g/mol. The summed E-state index contributed by atoms with van der Waals surface area (Å²) in [7, 11) is 0. The molecule has 0 aliphatic heterocycles. The van der Waals surface area contributed by atoms with Gasteiger partial charge >= 0.3 is 0 Å². The van der Waals surface area contributed by atoms with E-state index in [2.05, 4.69) is 43.4 Å². The Kier molecular flexibility index (Phi) is 7.70. The molecule has 1 N–H and O–H groups in total. The van der Waals surface area contributed by atoms with Crippen LogP contribution in [0.15, 0.2) is 24.3 Å². The first kappa shape index (κ1) is 15.2. The molecule has 0 aromatic heterocycles. The van der Waals surface area contributed by atoms with Gasteiger partial charge in [0.05, 0.1) is 0 Å². The Bertz CT molecular complexity index is 307. The van der Waals surface area contributed by atoms with E-state index in [0.29, 0.717) is 6.04 Å². The molecule has 0 heterocycles. The second kappa shape index (κ2) is 9.12. The normalized spacial score (nSPS) is 12.6. The van der Waals surface area contributed by atoms with Crippen LogP contribution in [0.25, 0.3) is 0 Å². The van der Waals surface area contributed by atoms with Gasteiger partial charge < -0.3 is 10.1 Å². The van der Waals surface area contributed by atoms with Crippen LogP contribution in [0.2, 0.25) is 0 Å². The predicted molar refractivity (Wildman–Crippen MR) is 77.9 cm³/mol. The summed E-state index contributed by atoms with van der Waals surface area (Å²) in [5.74, 6) is 0. The number of hydrogen-bond donors (Lipinski definition) is 1. The number of nitrogens with one attached hydrogen (secondary N) is 1. The van der Waals surface area contributed by atoms with E-state index in [1.54, 1.807) is 0 Å². The zero-order chi connectivity index (χ0) is 13.2. The first-order valence-corrected chi connectivity index (χ1v) is 7.15. The highest BCUT2D eigenvalue weighted by atomic mass is 16.5. The smallest absolute Gasteiger partial charge is 0.0466 e. The van der Waals surface area contributed by atoms with Gasteiger partial charge in [0.1, 0.15) is 0 Å². The van der Waals surface area contributed by atoms with Crippen LogP contribution in [-0.4, -0.2) is 19.8 Å². The summed E-state index contributed by atoms with van der Waals surface area (Å²) in [4.78, 5) is 0. The lowest BCUT2D eigenvalue weighted by Crippen LogP contribution is -2.22. The van der Waals surface area contributed by atoms with Crippen molar-refractivity contribution in [1.82, 2.24) is 5.32 Å². The number of ether oxygens (including phenoxy) is 1. The van der Waals surface area contributed by atoms with Crippen LogP contribution in [0.5, 0.6) is 0 Å². The molecule has 18 heavy (non-hydrogen) atoms. The summed E-state index contributed by atoms with van der Waals surface area (Å²) in [5, 5.41) is 3.63. The fourth-order valence-corrected chi connectivity index (χ4v) is 2.04. The fraction of sp³-hybridized carbons (Fsp3) is 0.625. The Balaban J connectivity index is 2.51. The van der Waals surface area contributed by atoms with Crippen LogP contribution >= 0.6 is 0 Å². The summed E-state index contributed by atoms with van der Waals surface area (Å²) < 4.78 is 5.42. The highest BCUT2D eigenvalue weighted by Crippen LogP contribution is 2.19. The van der Waals surface area contributed by atoms with Gasteiger partial charge in [-0.25, -0.2) is 0 Å².